The van der Waals surface area contributed by atoms with Crippen molar-refractivity contribution in [1.82, 2.24) is 20.6 Å². The summed E-state index contributed by atoms with van der Waals surface area (Å²) in [5.74, 6) is 0.0946. The number of carbonyl (C=O) groups excluding carboxylic acids is 2. The molecule has 36 heavy (non-hydrogen) atoms. The second-order valence-corrected chi connectivity index (χ2v) is 8.71. The molecule has 0 atom stereocenters. The number of nitrogen functional groups attached to an aromatic ring is 1. The van der Waals surface area contributed by atoms with E-state index >= 15 is 0 Å². The van der Waals surface area contributed by atoms with Crippen molar-refractivity contribution in [3.8, 4) is 11.3 Å². The van der Waals surface area contributed by atoms with Gasteiger partial charge in [0.05, 0.1) is 16.9 Å². The highest BCUT2D eigenvalue weighted by Gasteiger charge is 2.24. The number of halogens is 1. The van der Waals surface area contributed by atoms with E-state index in [1.807, 2.05) is 0 Å². The number of unbranched alkanes of at least 4 members (excludes halogenated alkanes) is 1. The van der Waals surface area contributed by atoms with Crippen molar-refractivity contribution in [2.24, 2.45) is 0 Å². The monoisotopic (exact) mass is 491 g/mol. The van der Waals surface area contributed by atoms with Crippen LogP contribution in [0.5, 0.6) is 0 Å². The summed E-state index contributed by atoms with van der Waals surface area (Å²) in [5, 5.41) is 11.4. The molecule has 1 fully saturated rings. The van der Waals surface area contributed by atoms with Crippen molar-refractivity contribution in [1.29, 1.82) is 0 Å². The summed E-state index contributed by atoms with van der Waals surface area (Å²) >= 11 is 0. The minimum atomic E-state index is -0.600. The Hall–Kier alpha value is -4.21. The molecule has 0 spiro atoms. The van der Waals surface area contributed by atoms with E-state index < -0.39 is 11.8 Å². The van der Waals surface area contributed by atoms with Crippen LogP contribution < -0.4 is 27.0 Å². The van der Waals surface area contributed by atoms with E-state index in [4.69, 9.17) is 5.73 Å². The number of anilines is 3. The minimum absolute atomic E-state index is 0.0370. The third-order valence-electron chi connectivity index (χ3n) is 5.69. The molecular weight excluding hydrogens is 461 g/mol. The lowest BCUT2D eigenvalue weighted by molar-refractivity contribution is 0.0953. The van der Waals surface area contributed by atoms with Crippen molar-refractivity contribution in [3.05, 3.63) is 65.6 Å². The highest BCUT2D eigenvalue weighted by molar-refractivity contribution is 5.99. The summed E-state index contributed by atoms with van der Waals surface area (Å²) in [4.78, 5) is 33.4. The number of nitrogens with zero attached hydrogens (tertiary/aromatic N) is 2. The van der Waals surface area contributed by atoms with Crippen LogP contribution >= 0.6 is 0 Å². The molecule has 10 heteroatoms. The van der Waals surface area contributed by atoms with E-state index in [1.165, 1.54) is 12.1 Å². The second-order valence-electron chi connectivity index (χ2n) is 8.71. The Labute approximate surface area is 209 Å². The van der Waals surface area contributed by atoms with Gasteiger partial charge in [0.25, 0.3) is 5.91 Å². The lowest BCUT2D eigenvalue weighted by Gasteiger charge is -2.13. The average molecular weight is 492 g/mol. The van der Waals surface area contributed by atoms with Crippen LogP contribution in [0.25, 0.3) is 11.3 Å². The molecule has 9 nitrogen and oxygen atoms in total. The second kappa shape index (κ2) is 11.5. The van der Waals surface area contributed by atoms with Gasteiger partial charge < -0.3 is 27.0 Å². The van der Waals surface area contributed by atoms with Gasteiger partial charge in [-0.25, -0.2) is 19.2 Å². The standard InChI is InChI=1S/C26H30FN7O2/c1-2-3-12-29-25(35)19-8-10-21(33-24(19)32-18-6-7-18)17-5-9-22(20(27)13-17)34-26(36)31-15-16-4-11-23(28)30-14-16/h4-5,8-11,13-14,18H,2-3,6-7,12,15H2,1H3,(H2,28,30)(H,29,35)(H,32,33)(H2,31,34,36). The van der Waals surface area contributed by atoms with Crippen LogP contribution in [-0.2, 0) is 6.54 Å². The highest BCUT2D eigenvalue weighted by atomic mass is 19.1. The fourth-order valence-corrected chi connectivity index (χ4v) is 3.47. The molecule has 6 N–H and O–H groups in total. The van der Waals surface area contributed by atoms with Gasteiger partial charge in [-0.05, 0) is 55.2 Å². The topological polar surface area (TPSA) is 134 Å². The van der Waals surface area contributed by atoms with Gasteiger partial charge in [-0.2, -0.15) is 0 Å². The van der Waals surface area contributed by atoms with Crippen LogP contribution in [0.1, 0.15) is 48.5 Å². The van der Waals surface area contributed by atoms with Gasteiger partial charge in [0.2, 0.25) is 0 Å². The molecule has 1 aromatic carbocycles. The number of carbonyl (C=O) groups is 2. The molecule has 4 rings (SSSR count). The van der Waals surface area contributed by atoms with Crippen molar-refractivity contribution < 1.29 is 14.0 Å². The van der Waals surface area contributed by atoms with Gasteiger partial charge in [0.1, 0.15) is 17.5 Å². The fraction of sp³-hybridized carbons (Fsp3) is 0.308. The third kappa shape index (κ3) is 6.68. The normalized spacial score (nSPS) is 12.6. The lowest BCUT2D eigenvalue weighted by Crippen LogP contribution is -2.28. The predicted octanol–water partition coefficient (Wildman–Crippen LogP) is 4.29. The number of aromatic nitrogens is 2. The van der Waals surface area contributed by atoms with Crippen LogP contribution in [-0.4, -0.2) is 34.5 Å². The predicted molar refractivity (Wildman–Crippen MR) is 138 cm³/mol. The Bertz CT molecular complexity index is 1230. The first-order valence-corrected chi connectivity index (χ1v) is 12.0. The Morgan fingerprint density at radius 3 is 2.64 bits per heavy atom. The summed E-state index contributed by atoms with van der Waals surface area (Å²) in [6.07, 6.45) is 5.50. The number of nitrogens with one attached hydrogen (secondary N) is 4. The molecule has 0 bridgehead atoms. The molecule has 0 unspecified atom stereocenters. The van der Waals surface area contributed by atoms with Gasteiger partial charge in [-0.3, -0.25) is 4.79 Å². The lowest BCUT2D eigenvalue weighted by atomic mass is 10.1. The number of nitrogens with two attached hydrogens (primary N) is 1. The Morgan fingerprint density at radius 2 is 1.94 bits per heavy atom. The van der Waals surface area contributed by atoms with Gasteiger partial charge in [0, 0.05) is 30.9 Å². The molecule has 2 aromatic heterocycles. The Kier molecular flexibility index (Phi) is 7.94. The van der Waals surface area contributed by atoms with E-state index in [1.54, 1.807) is 36.5 Å². The number of benzene rings is 1. The fourth-order valence-electron chi connectivity index (χ4n) is 3.47. The molecule has 0 aliphatic heterocycles. The van der Waals surface area contributed by atoms with Gasteiger partial charge >= 0.3 is 6.03 Å². The number of hydrogen-bond donors (Lipinski definition) is 5. The van der Waals surface area contributed by atoms with Gasteiger partial charge in [0.15, 0.2) is 0 Å². The molecule has 1 saturated carbocycles. The van der Waals surface area contributed by atoms with Crippen LogP contribution in [0.3, 0.4) is 0 Å². The summed E-state index contributed by atoms with van der Waals surface area (Å²) in [6.45, 7) is 2.89. The minimum Gasteiger partial charge on any atom is -0.384 e. The smallest absolute Gasteiger partial charge is 0.319 e. The van der Waals surface area contributed by atoms with Crippen molar-refractivity contribution in [2.45, 2.75) is 45.2 Å². The van der Waals surface area contributed by atoms with Crippen LogP contribution in [0.2, 0.25) is 0 Å². The zero-order valence-corrected chi connectivity index (χ0v) is 20.1. The van der Waals surface area contributed by atoms with E-state index in [-0.39, 0.29) is 18.1 Å². The molecular formula is C26H30FN7O2. The van der Waals surface area contributed by atoms with Gasteiger partial charge in [-0.15, -0.1) is 0 Å². The summed E-state index contributed by atoms with van der Waals surface area (Å²) in [5.41, 5.74) is 7.87. The third-order valence-corrected chi connectivity index (χ3v) is 5.69. The first-order chi connectivity index (χ1) is 17.4. The maximum absolute atomic E-state index is 14.8. The molecule has 3 amide bonds. The average Bonchev–Trinajstić information content (AvgIpc) is 3.69. The maximum Gasteiger partial charge on any atom is 0.319 e. The van der Waals surface area contributed by atoms with Crippen LogP contribution in [0.15, 0.2) is 48.7 Å². The Balaban J connectivity index is 1.44. The van der Waals surface area contributed by atoms with Crippen LogP contribution in [0, 0.1) is 5.82 Å². The summed E-state index contributed by atoms with van der Waals surface area (Å²) < 4.78 is 14.8. The van der Waals surface area contributed by atoms with Crippen molar-refractivity contribution >= 4 is 29.3 Å². The zero-order valence-electron chi connectivity index (χ0n) is 20.1. The number of hydrogen-bond acceptors (Lipinski definition) is 6. The summed E-state index contributed by atoms with van der Waals surface area (Å²) in [6, 6.07) is 11.0. The maximum atomic E-state index is 14.8. The van der Waals surface area contributed by atoms with E-state index in [2.05, 4.69) is 38.2 Å². The molecule has 2 heterocycles. The van der Waals surface area contributed by atoms with Crippen LogP contribution in [0.4, 0.5) is 26.5 Å². The van der Waals surface area contributed by atoms with Gasteiger partial charge in [-0.1, -0.05) is 25.5 Å². The number of rotatable bonds is 10. The van der Waals surface area contributed by atoms with Crippen molar-refractivity contribution in [3.63, 3.8) is 0 Å². The first kappa shape index (κ1) is 24.9. The molecule has 1 aliphatic rings. The van der Waals surface area contributed by atoms with E-state index in [9.17, 15) is 14.0 Å². The van der Waals surface area contributed by atoms with Crippen molar-refractivity contribution in [2.75, 3.05) is 22.9 Å². The highest BCUT2D eigenvalue weighted by Crippen LogP contribution is 2.29. The Morgan fingerprint density at radius 1 is 1.11 bits per heavy atom. The molecule has 188 valence electrons. The van der Waals surface area contributed by atoms with E-state index in [0.717, 1.165) is 31.2 Å². The molecule has 1 aliphatic carbocycles. The van der Waals surface area contributed by atoms with E-state index in [0.29, 0.717) is 41.0 Å². The molecule has 0 radical (unpaired) electrons. The SMILES string of the molecule is CCCCNC(=O)c1ccc(-c2ccc(NC(=O)NCc3ccc(N)nc3)c(F)c2)nc1NC1CC1. The number of urea groups is 1. The largest absolute Gasteiger partial charge is 0.384 e. The summed E-state index contributed by atoms with van der Waals surface area (Å²) in [7, 11) is 0. The number of pyridine rings is 2. The zero-order chi connectivity index (χ0) is 25.5. The quantitative estimate of drug-likeness (QED) is 0.269. The molecule has 3 aromatic rings. The first-order valence-electron chi connectivity index (χ1n) is 12.0. The molecule has 0 saturated heterocycles. The number of amides is 3.